The number of ether oxygens (including phenoxy) is 2. The highest BCUT2D eigenvalue weighted by molar-refractivity contribution is 5.75. The minimum absolute atomic E-state index is 0.185. The summed E-state index contributed by atoms with van der Waals surface area (Å²) in [6.45, 7) is 3.92. The molecular weight excluding hydrogens is 322 g/mol. The van der Waals surface area contributed by atoms with Crippen LogP contribution < -0.4 is 10.2 Å². The normalized spacial score (nSPS) is 15.5. The number of pyridine rings is 1. The average molecular weight is 341 g/mol. The lowest BCUT2D eigenvalue weighted by molar-refractivity contribution is 0.0310. The molecule has 1 fully saturated rings. The molecular formula is C18H19N3O4. The van der Waals surface area contributed by atoms with E-state index in [-0.39, 0.29) is 17.8 Å². The van der Waals surface area contributed by atoms with Gasteiger partial charge in [-0.05, 0) is 18.2 Å². The van der Waals surface area contributed by atoms with Crippen LogP contribution >= 0.6 is 0 Å². The number of hydrogen-bond donors (Lipinski definition) is 1. The Labute approximate surface area is 144 Å². The van der Waals surface area contributed by atoms with Gasteiger partial charge in [0.15, 0.2) is 0 Å². The predicted octanol–water partition coefficient (Wildman–Crippen LogP) is 1.93. The summed E-state index contributed by atoms with van der Waals surface area (Å²) < 4.78 is 16.4. The molecule has 1 N–H and O–H groups in total. The van der Waals surface area contributed by atoms with Crippen LogP contribution in [0.5, 0.6) is 5.75 Å². The molecule has 7 heteroatoms. The number of aromatic amines is 1. The smallest absolute Gasteiger partial charge is 0.227 e. The summed E-state index contributed by atoms with van der Waals surface area (Å²) in [6.07, 6.45) is 3.22. The van der Waals surface area contributed by atoms with Gasteiger partial charge < -0.3 is 18.9 Å². The minimum atomic E-state index is -0.185. The topological polar surface area (TPSA) is 80.6 Å². The van der Waals surface area contributed by atoms with Crippen molar-refractivity contribution in [3.63, 3.8) is 0 Å². The van der Waals surface area contributed by atoms with Crippen LogP contribution in [-0.4, -0.2) is 41.2 Å². The van der Waals surface area contributed by atoms with Gasteiger partial charge in [-0.3, -0.25) is 9.69 Å². The Morgan fingerprint density at radius 1 is 1.24 bits per heavy atom. The molecule has 0 saturated carbocycles. The molecule has 0 bridgehead atoms. The molecule has 1 aliphatic rings. The van der Waals surface area contributed by atoms with Crippen molar-refractivity contribution in [3.8, 4) is 5.75 Å². The molecule has 4 heterocycles. The summed E-state index contributed by atoms with van der Waals surface area (Å²) in [5.41, 5.74) is 1.36. The first-order valence-electron chi connectivity index (χ1n) is 8.25. The zero-order valence-corrected chi connectivity index (χ0v) is 13.7. The summed E-state index contributed by atoms with van der Waals surface area (Å²) in [7, 11) is 0. The first-order chi connectivity index (χ1) is 12.3. The van der Waals surface area contributed by atoms with Crippen LogP contribution in [0.3, 0.4) is 0 Å². The van der Waals surface area contributed by atoms with Crippen LogP contribution in [-0.2, 0) is 17.9 Å². The standard InChI is InChI=1S/C18H19N3O4/c22-16-9-15(10-21-5-7-23-8-6-21)24-12-17(16)25-11-14-2-1-13-3-4-19-18(13)20-14/h1-4,9,12H,5-8,10-11H2,(H,19,20). The number of nitrogens with zero attached hydrogens (tertiary/aromatic N) is 2. The number of nitrogens with one attached hydrogen (secondary N) is 1. The number of fused-ring (bicyclic) bond motifs is 1. The van der Waals surface area contributed by atoms with Gasteiger partial charge in [-0.2, -0.15) is 0 Å². The molecule has 130 valence electrons. The SMILES string of the molecule is O=c1cc(CN2CCOCC2)occ1OCc1ccc2cc[nH]c2n1. The van der Waals surface area contributed by atoms with E-state index in [1.165, 1.54) is 12.3 Å². The van der Waals surface area contributed by atoms with Gasteiger partial charge in [0.25, 0.3) is 0 Å². The van der Waals surface area contributed by atoms with Crippen molar-refractivity contribution >= 4 is 11.0 Å². The van der Waals surface area contributed by atoms with E-state index < -0.39 is 0 Å². The lowest BCUT2D eigenvalue weighted by Crippen LogP contribution is -2.35. The van der Waals surface area contributed by atoms with Crippen molar-refractivity contribution in [1.29, 1.82) is 0 Å². The maximum absolute atomic E-state index is 12.2. The van der Waals surface area contributed by atoms with E-state index in [9.17, 15) is 4.79 Å². The van der Waals surface area contributed by atoms with Crippen LogP contribution in [0.1, 0.15) is 11.5 Å². The van der Waals surface area contributed by atoms with E-state index in [0.717, 1.165) is 29.8 Å². The van der Waals surface area contributed by atoms with Crippen molar-refractivity contribution in [2.24, 2.45) is 0 Å². The van der Waals surface area contributed by atoms with E-state index in [1.807, 2.05) is 24.4 Å². The van der Waals surface area contributed by atoms with Crippen LogP contribution in [0.2, 0.25) is 0 Å². The lowest BCUT2D eigenvalue weighted by atomic mass is 10.3. The van der Waals surface area contributed by atoms with Crippen molar-refractivity contribution in [3.05, 3.63) is 58.4 Å². The molecule has 3 aromatic heterocycles. The maximum atomic E-state index is 12.2. The van der Waals surface area contributed by atoms with Gasteiger partial charge in [0.2, 0.25) is 11.2 Å². The fraction of sp³-hybridized carbons (Fsp3) is 0.333. The summed E-state index contributed by atoms with van der Waals surface area (Å²) in [5.74, 6) is 0.823. The van der Waals surface area contributed by atoms with Gasteiger partial charge >= 0.3 is 0 Å². The molecule has 0 radical (unpaired) electrons. The van der Waals surface area contributed by atoms with Crippen LogP contribution in [0.25, 0.3) is 11.0 Å². The van der Waals surface area contributed by atoms with E-state index >= 15 is 0 Å². The number of hydrogen-bond acceptors (Lipinski definition) is 6. The third kappa shape index (κ3) is 3.72. The highest BCUT2D eigenvalue weighted by Gasteiger charge is 2.13. The molecule has 0 spiro atoms. The van der Waals surface area contributed by atoms with Crippen molar-refractivity contribution < 1.29 is 13.9 Å². The average Bonchev–Trinajstić information content (AvgIpc) is 3.10. The number of morpholine rings is 1. The van der Waals surface area contributed by atoms with Gasteiger partial charge in [0.1, 0.15) is 24.3 Å². The molecule has 4 rings (SSSR count). The third-order valence-corrected chi connectivity index (χ3v) is 4.18. The summed E-state index contributed by atoms with van der Waals surface area (Å²) in [5, 5.41) is 1.04. The van der Waals surface area contributed by atoms with Crippen LogP contribution in [0.4, 0.5) is 0 Å². The Morgan fingerprint density at radius 2 is 2.12 bits per heavy atom. The number of aromatic nitrogens is 2. The molecule has 0 aliphatic carbocycles. The molecule has 1 saturated heterocycles. The Hall–Kier alpha value is -2.64. The van der Waals surface area contributed by atoms with Crippen molar-refractivity contribution in [2.45, 2.75) is 13.2 Å². The molecule has 25 heavy (non-hydrogen) atoms. The highest BCUT2D eigenvalue weighted by atomic mass is 16.5. The summed E-state index contributed by atoms with van der Waals surface area (Å²) in [4.78, 5) is 21.9. The first-order valence-corrected chi connectivity index (χ1v) is 8.25. The molecule has 0 atom stereocenters. The van der Waals surface area contributed by atoms with E-state index in [0.29, 0.717) is 25.5 Å². The largest absolute Gasteiger partial charge is 0.480 e. The second-order valence-corrected chi connectivity index (χ2v) is 5.97. The van der Waals surface area contributed by atoms with Crippen molar-refractivity contribution in [2.75, 3.05) is 26.3 Å². The van der Waals surface area contributed by atoms with Crippen LogP contribution in [0, 0.1) is 0 Å². The monoisotopic (exact) mass is 341 g/mol. The van der Waals surface area contributed by atoms with Gasteiger partial charge in [-0.25, -0.2) is 4.98 Å². The summed E-state index contributed by atoms with van der Waals surface area (Å²) in [6, 6.07) is 7.29. The van der Waals surface area contributed by atoms with Gasteiger partial charge in [0.05, 0.1) is 25.5 Å². The van der Waals surface area contributed by atoms with E-state index in [4.69, 9.17) is 13.9 Å². The number of H-pyrrole nitrogens is 1. The molecule has 0 unspecified atom stereocenters. The van der Waals surface area contributed by atoms with Gasteiger partial charge in [0, 0.05) is 30.7 Å². The maximum Gasteiger partial charge on any atom is 0.227 e. The van der Waals surface area contributed by atoms with Crippen molar-refractivity contribution in [1.82, 2.24) is 14.9 Å². The zero-order valence-electron chi connectivity index (χ0n) is 13.7. The summed E-state index contributed by atoms with van der Waals surface area (Å²) >= 11 is 0. The van der Waals surface area contributed by atoms with E-state index in [1.54, 1.807) is 0 Å². The van der Waals surface area contributed by atoms with Gasteiger partial charge in [-0.1, -0.05) is 0 Å². The molecule has 0 aromatic carbocycles. The third-order valence-electron chi connectivity index (χ3n) is 4.18. The fourth-order valence-electron chi connectivity index (χ4n) is 2.81. The second kappa shape index (κ2) is 7.08. The second-order valence-electron chi connectivity index (χ2n) is 5.97. The fourth-order valence-corrected chi connectivity index (χ4v) is 2.81. The first kappa shape index (κ1) is 15.9. The Kier molecular flexibility index (Phi) is 4.49. The predicted molar refractivity (Wildman–Crippen MR) is 91.5 cm³/mol. The van der Waals surface area contributed by atoms with Gasteiger partial charge in [-0.15, -0.1) is 0 Å². The molecule has 1 aliphatic heterocycles. The van der Waals surface area contributed by atoms with E-state index in [2.05, 4.69) is 14.9 Å². The quantitative estimate of drug-likeness (QED) is 0.764. The Morgan fingerprint density at radius 3 is 2.96 bits per heavy atom. The minimum Gasteiger partial charge on any atom is -0.480 e. The highest BCUT2D eigenvalue weighted by Crippen LogP contribution is 2.13. The Balaban J connectivity index is 1.41. The number of rotatable bonds is 5. The lowest BCUT2D eigenvalue weighted by Gasteiger charge is -2.25. The van der Waals surface area contributed by atoms with Crippen LogP contribution in [0.15, 0.2) is 45.9 Å². The molecule has 3 aromatic rings. The zero-order chi connectivity index (χ0) is 17.1. The molecule has 7 nitrogen and oxygen atoms in total. The Bertz CT molecular complexity index is 912. The molecule has 0 amide bonds.